The van der Waals surface area contributed by atoms with Gasteiger partial charge in [0, 0.05) is 50.7 Å². The molecule has 0 aliphatic carbocycles. The van der Waals surface area contributed by atoms with Gasteiger partial charge in [0.05, 0.1) is 12.0 Å². The number of benzene rings is 1. The third-order valence-electron chi connectivity index (χ3n) is 5.67. The second-order valence-electron chi connectivity index (χ2n) is 7.49. The summed E-state index contributed by atoms with van der Waals surface area (Å²) >= 11 is 0. The number of aromatic nitrogens is 1. The Morgan fingerprint density at radius 2 is 1.90 bits per heavy atom. The van der Waals surface area contributed by atoms with Crippen molar-refractivity contribution < 1.29 is 9.59 Å². The lowest BCUT2D eigenvalue weighted by atomic mass is 9.94. The number of piperazine rings is 1. The number of nitrogens with one attached hydrogen (secondary N) is 1. The zero-order valence-corrected chi connectivity index (χ0v) is 17.2. The Bertz CT molecular complexity index is 818. The predicted molar refractivity (Wildman–Crippen MR) is 114 cm³/mol. The number of amides is 2. The number of rotatable bonds is 3. The van der Waals surface area contributed by atoms with Crippen molar-refractivity contribution >= 4 is 24.2 Å². The van der Waals surface area contributed by atoms with Crippen molar-refractivity contribution in [3.8, 4) is 0 Å². The van der Waals surface area contributed by atoms with Crippen molar-refractivity contribution in [3.05, 3.63) is 66.0 Å². The van der Waals surface area contributed by atoms with Gasteiger partial charge in [-0.25, -0.2) is 0 Å². The number of hydrogen-bond acceptors (Lipinski definition) is 4. The second kappa shape index (κ2) is 9.85. The molecule has 2 fully saturated rings. The summed E-state index contributed by atoms with van der Waals surface area (Å²) < 4.78 is 0. The van der Waals surface area contributed by atoms with E-state index in [4.69, 9.17) is 0 Å². The summed E-state index contributed by atoms with van der Waals surface area (Å²) in [5.74, 6) is 0.0295. The SMILES string of the molecule is Cl.O=C(c1ccccc1)N1CCCC(C(=O)N2CCNCC2c2cccnc2)C1. The highest BCUT2D eigenvalue weighted by molar-refractivity contribution is 5.94. The summed E-state index contributed by atoms with van der Waals surface area (Å²) in [6.45, 7) is 3.42. The molecular weight excluding hydrogens is 388 g/mol. The largest absolute Gasteiger partial charge is 0.338 e. The molecule has 1 N–H and O–H groups in total. The minimum atomic E-state index is -0.140. The molecule has 0 bridgehead atoms. The Morgan fingerprint density at radius 1 is 1.07 bits per heavy atom. The molecule has 154 valence electrons. The summed E-state index contributed by atoms with van der Waals surface area (Å²) in [6.07, 6.45) is 5.28. The number of carbonyl (C=O) groups is 2. The summed E-state index contributed by atoms with van der Waals surface area (Å²) in [7, 11) is 0. The van der Waals surface area contributed by atoms with E-state index in [2.05, 4.69) is 10.3 Å². The van der Waals surface area contributed by atoms with Gasteiger partial charge in [0.15, 0.2) is 0 Å². The minimum absolute atomic E-state index is 0. The molecule has 2 aromatic rings. The van der Waals surface area contributed by atoms with Crippen LogP contribution in [-0.2, 0) is 4.79 Å². The van der Waals surface area contributed by atoms with Crippen molar-refractivity contribution in [1.29, 1.82) is 0 Å². The van der Waals surface area contributed by atoms with Crippen LogP contribution in [0.25, 0.3) is 0 Å². The molecule has 3 heterocycles. The third-order valence-corrected chi connectivity index (χ3v) is 5.67. The van der Waals surface area contributed by atoms with Crippen molar-refractivity contribution in [2.24, 2.45) is 5.92 Å². The van der Waals surface area contributed by atoms with E-state index in [0.717, 1.165) is 31.5 Å². The average molecular weight is 415 g/mol. The van der Waals surface area contributed by atoms with Crippen molar-refractivity contribution in [2.45, 2.75) is 18.9 Å². The van der Waals surface area contributed by atoms with Gasteiger partial charge in [0.25, 0.3) is 5.91 Å². The molecule has 4 rings (SSSR count). The highest BCUT2D eigenvalue weighted by Crippen LogP contribution is 2.27. The van der Waals surface area contributed by atoms with Gasteiger partial charge in [-0.1, -0.05) is 24.3 Å². The quantitative estimate of drug-likeness (QED) is 0.838. The van der Waals surface area contributed by atoms with E-state index in [1.807, 2.05) is 58.5 Å². The van der Waals surface area contributed by atoms with Gasteiger partial charge >= 0.3 is 0 Å². The molecule has 2 amide bonds. The van der Waals surface area contributed by atoms with E-state index in [1.54, 1.807) is 6.20 Å². The molecule has 1 aromatic carbocycles. The number of hydrogen-bond donors (Lipinski definition) is 1. The molecule has 0 radical (unpaired) electrons. The number of likely N-dealkylation sites (tertiary alicyclic amines) is 1. The van der Waals surface area contributed by atoms with Crippen molar-refractivity contribution in [3.63, 3.8) is 0 Å². The van der Waals surface area contributed by atoms with Crippen LogP contribution in [0.2, 0.25) is 0 Å². The fourth-order valence-electron chi connectivity index (χ4n) is 4.20. The molecule has 2 aliphatic rings. The zero-order chi connectivity index (χ0) is 19.3. The van der Waals surface area contributed by atoms with Crippen molar-refractivity contribution in [1.82, 2.24) is 20.1 Å². The Hall–Kier alpha value is -2.44. The first-order valence-corrected chi connectivity index (χ1v) is 9.99. The molecule has 2 atom stereocenters. The highest BCUT2D eigenvalue weighted by atomic mass is 35.5. The fourth-order valence-corrected chi connectivity index (χ4v) is 4.20. The number of carbonyl (C=O) groups excluding carboxylic acids is 2. The lowest BCUT2D eigenvalue weighted by molar-refractivity contribution is -0.140. The van der Waals surface area contributed by atoms with Crippen LogP contribution in [0.1, 0.15) is 34.8 Å². The number of pyridine rings is 1. The molecule has 0 saturated carbocycles. The van der Waals surface area contributed by atoms with Gasteiger partial charge < -0.3 is 15.1 Å². The maximum Gasteiger partial charge on any atom is 0.253 e. The predicted octanol–water partition coefficient (Wildman–Crippen LogP) is 2.53. The van der Waals surface area contributed by atoms with E-state index in [-0.39, 0.29) is 36.2 Å². The van der Waals surface area contributed by atoms with Crippen LogP contribution in [0.3, 0.4) is 0 Å². The van der Waals surface area contributed by atoms with Crippen molar-refractivity contribution in [2.75, 3.05) is 32.7 Å². The van der Waals surface area contributed by atoms with Gasteiger partial charge in [-0.05, 0) is 36.6 Å². The standard InChI is InChI=1S/C22H26N4O2.ClH/c27-21(17-6-2-1-3-7-17)25-12-5-9-19(16-25)22(28)26-13-11-24-15-20(26)18-8-4-10-23-14-18;/h1-4,6-8,10,14,19-20,24H,5,9,11-13,15-16H2;1H. The Balaban J connectivity index is 0.00000240. The average Bonchev–Trinajstić information content (AvgIpc) is 2.79. The lowest BCUT2D eigenvalue weighted by Crippen LogP contribution is -2.53. The first-order valence-electron chi connectivity index (χ1n) is 9.99. The maximum atomic E-state index is 13.4. The molecule has 2 saturated heterocycles. The Kier molecular flexibility index (Phi) is 7.23. The Morgan fingerprint density at radius 3 is 2.66 bits per heavy atom. The summed E-state index contributed by atoms with van der Waals surface area (Å²) in [5, 5.41) is 3.38. The third kappa shape index (κ3) is 4.77. The molecule has 2 unspecified atom stereocenters. The molecule has 2 aliphatic heterocycles. The molecule has 0 spiro atoms. The lowest BCUT2D eigenvalue weighted by Gasteiger charge is -2.40. The minimum Gasteiger partial charge on any atom is -0.338 e. The normalized spacial score (nSPS) is 21.9. The van der Waals surface area contributed by atoms with E-state index in [9.17, 15) is 9.59 Å². The van der Waals surface area contributed by atoms with Crippen LogP contribution >= 0.6 is 12.4 Å². The van der Waals surface area contributed by atoms with Gasteiger partial charge in [0.1, 0.15) is 0 Å². The zero-order valence-electron chi connectivity index (χ0n) is 16.4. The Labute approximate surface area is 177 Å². The number of halogens is 1. The maximum absolute atomic E-state index is 13.4. The van der Waals surface area contributed by atoms with Crippen LogP contribution in [0.5, 0.6) is 0 Å². The van der Waals surface area contributed by atoms with E-state index in [1.165, 1.54) is 0 Å². The molecular formula is C22H27ClN4O2. The number of nitrogens with zero attached hydrogens (tertiary/aromatic N) is 3. The summed E-state index contributed by atoms with van der Waals surface area (Å²) in [6, 6.07) is 13.3. The van der Waals surface area contributed by atoms with E-state index >= 15 is 0 Å². The van der Waals surface area contributed by atoms with Crippen LogP contribution in [0.4, 0.5) is 0 Å². The molecule has 7 heteroatoms. The van der Waals surface area contributed by atoms with Crippen LogP contribution in [0.15, 0.2) is 54.9 Å². The summed E-state index contributed by atoms with van der Waals surface area (Å²) in [5.41, 5.74) is 1.74. The van der Waals surface area contributed by atoms with E-state index < -0.39 is 0 Å². The van der Waals surface area contributed by atoms with E-state index in [0.29, 0.717) is 25.2 Å². The smallest absolute Gasteiger partial charge is 0.253 e. The molecule has 29 heavy (non-hydrogen) atoms. The molecule has 1 aromatic heterocycles. The first-order chi connectivity index (χ1) is 13.7. The van der Waals surface area contributed by atoms with Crippen LogP contribution < -0.4 is 5.32 Å². The first kappa shape index (κ1) is 21.3. The summed E-state index contributed by atoms with van der Waals surface area (Å²) in [4.78, 5) is 34.2. The molecule has 6 nitrogen and oxygen atoms in total. The van der Waals surface area contributed by atoms with Gasteiger partial charge in [-0.2, -0.15) is 0 Å². The fraction of sp³-hybridized carbons (Fsp3) is 0.409. The van der Waals surface area contributed by atoms with Crippen LogP contribution in [-0.4, -0.2) is 59.3 Å². The van der Waals surface area contributed by atoms with Crippen LogP contribution in [0, 0.1) is 5.92 Å². The van der Waals surface area contributed by atoms with Gasteiger partial charge in [-0.15, -0.1) is 12.4 Å². The second-order valence-corrected chi connectivity index (χ2v) is 7.49. The monoisotopic (exact) mass is 414 g/mol. The highest BCUT2D eigenvalue weighted by Gasteiger charge is 2.35. The topological polar surface area (TPSA) is 65.5 Å². The number of piperidine rings is 1. The van der Waals surface area contributed by atoms with Gasteiger partial charge in [-0.3, -0.25) is 14.6 Å². The van der Waals surface area contributed by atoms with Gasteiger partial charge in [0.2, 0.25) is 5.91 Å².